The Morgan fingerprint density at radius 3 is 2.43 bits per heavy atom. The lowest BCUT2D eigenvalue weighted by molar-refractivity contribution is 0.101. The molecule has 0 atom stereocenters. The molecule has 0 amide bonds. The van der Waals surface area contributed by atoms with Gasteiger partial charge in [0.1, 0.15) is 0 Å². The number of benzene rings is 2. The first kappa shape index (κ1) is 15.6. The van der Waals surface area contributed by atoms with Gasteiger partial charge in [0.15, 0.2) is 17.4 Å². The number of ether oxygens (including phenoxy) is 1. The van der Waals surface area contributed by atoms with Crippen LogP contribution in [0.2, 0.25) is 0 Å². The number of carbonyl (C=O) groups excluding carboxylic acids is 1. The van der Waals surface area contributed by atoms with Crippen LogP contribution in [0.5, 0.6) is 0 Å². The number of halogens is 2. The summed E-state index contributed by atoms with van der Waals surface area (Å²) in [6.07, 6.45) is 0. The van der Waals surface area contributed by atoms with Crippen LogP contribution >= 0.6 is 0 Å². The Balaban J connectivity index is 2.11. The van der Waals surface area contributed by atoms with Gasteiger partial charge in [-0.15, -0.1) is 0 Å². The van der Waals surface area contributed by atoms with Crippen LogP contribution in [0.1, 0.15) is 17.3 Å². The Kier molecular flexibility index (Phi) is 4.39. The topological polar surface area (TPSA) is 29.5 Å². The molecule has 3 rings (SSSR count). The third-order valence-corrected chi connectivity index (χ3v) is 3.99. The van der Waals surface area contributed by atoms with Gasteiger partial charge >= 0.3 is 0 Å². The predicted octanol–water partition coefficient (Wildman–Crippen LogP) is 3.67. The van der Waals surface area contributed by atoms with E-state index in [9.17, 15) is 13.6 Å². The highest BCUT2D eigenvalue weighted by Crippen LogP contribution is 2.33. The van der Waals surface area contributed by atoms with Crippen LogP contribution in [0.3, 0.4) is 0 Å². The minimum absolute atomic E-state index is 0.0673. The van der Waals surface area contributed by atoms with Gasteiger partial charge in [0.2, 0.25) is 0 Å². The van der Waals surface area contributed by atoms with E-state index >= 15 is 0 Å². The summed E-state index contributed by atoms with van der Waals surface area (Å²) in [6, 6.07) is 9.16. The maximum atomic E-state index is 13.6. The molecule has 1 saturated heterocycles. The highest BCUT2D eigenvalue weighted by atomic mass is 19.2. The molecule has 5 heteroatoms. The van der Waals surface area contributed by atoms with Crippen LogP contribution in [-0.2, 0) is 4.74 Å². The Labute approximate surface area is 133 Å². The van der Waals surface area contributed by atoms with E-state index in [-0.39, 0.29) is 5.78 Å². The van der Waals surface area contributed by atoms with Crippen molar-refractivity contribution < 1.29 is 18.3 Å². The van der Waals surface area contributed by atoms with Crippen LogP contribution < -0.4 is 4.90 Å². The predicted molar refractivity (Wildman–Crippen MR) is 84.8 cm³/mol. The minimum Gasteiger partial charge on any atom is -0.378 e. The summed E-state index contributed by atoms with van der Waals surface area (Å²) in [6.45, 7) is 4.16. The van der Waals surface area contributed by atoms with Gasteiger partial charge in [-0.25, -0.2) is 8.78 Å². The van der Waals surface area contributed by atoms with Gasteiger partial charge in [0.25, 0.3) is 0 Å². The molecule has 2 aromatic rings. The van der Waals surface area contributed by atoms with E-state index in [1.165, 1.54) is 19.1 Å². The third kappa shape index (κ3) is 3.24. The summed E-state index contributed by atoms with van der Waals surface area (Å²) in [5.74, 6) is -1.85. The number of anilines is 1. The van der Waals surface area contributed by atoms with Crippen LogP contribution in [-0.4, -0.2) is 32.1 Å². The van der Waals surface area contributed by atoms with E-state index in [0.29, 0.717) is 24.3 Å². The van der Waals surface area contributed by atoms with Gasteiger partial charge < -0.3 is 9.64 Å². The normalized spacial score (nSPS) is 14.8. The Hall–Kier alpha value is -2.27. The average molecular weight is 317 g/mol. The summed E-state index contributed by atoms with van der Waals surface area (Å²) in [5.41, 5.74) is 2.71. The van der Waals surface area contributed by atoms with Gasteiger partial charge in [-0.3, -0.25) is 4.79 Å². The van der Waals surface area contributed by atoms with Crippen LogP contribution in [0.4, 0.5) is 14.5 Å². The summed E-state index contributed by atoms with van der Waals surface area (Å²) >= 11 is 0. The summed E-state index contributed by atoms with van der Waals surface area (Å²) in [5, 5.41) is 0. The van der Waals surface area contributed by atoms with Crippen molar-refractivity contribution >= 4 is 11.5 Å². The molecule has 120 valence electrons. The quantitative estimate of drug-likeness (QED) is 0.809. The lowest BCUT2D eigenvalue weighted by atomic mass is 9.98. The fraction of sp³-hybridized carbons (Fsp3) is 0.278. The van der Waals surface area contributed by atoms with E-state index in [0.717, 1.165) is 30.4 Å². The molecular weight excluding hydrogens is 300 g/mol. The summed E-state index contributed by atoms with van der Waals surface area (Å²) in [7, 11) is 0. The number of Topliss-reactive ketones (excluding diaryl/α,β-unsaturated/α-hetero) is 1. The molecule has 0 spiro atoms. The van der Waals surface area contributed by atoms with Crippen LogP contribution in [0, 0.1) is 11.6 Å². The molecule has 1 fully saturated rings. The number of carbonyl (C=O) groups is 1. The number of ketones is 1. The van der Waals surface area contributed by atoms with Gasteiger partial charge in [0, 0.05) is 29.9 Å². The Morgan fingerprint density at radius 1 is 1.04 bits per heavy atom. The largest absolute Gasteiger partial charge is 0.378 e. The number of nitrogens with zero attached hydrogens (tertiary/aromatic N) is 1. The van der Waals surface area contributed by atoms with Crippen molar-refractivity contribution in [1.29, 1.82) is 0 Å². The molecule has 2 aromatic carbocycles. The zero-order valence-corrected chi connectivity index (χ0v) is 12.8. The van der Waals surface area contributed by atoms with Gasteiger partial charge in [-0.2, -0.15) is 0 Å². The molecule has 1 aliphatic rings. The van der Waals surface area contributed by atoms with E-state index < -0.39 is 11.6 Å². The molecule has 23 heavy (non-hydrogen) atoms. The Morgan fingerprint density at radius 2 is 1.78 bits per heavy atom. The maximum Gasteiger partial charge on any atom is 0.159 e. The smallest absolute Gasteiger partial charge is 0.159 e. The van der Waals surface area contributed by atoms with Crippen LogP contribution in [0.25, 0.3) is 11.1 Å². The number of hydrogen-bond donors (Lipinski definition) is 0. The first-order chi connectivity index (χ1) is 11.1. The second-order valence-electron chi connectivity index (χ2n) is 5.52. The summed E-state index contributed by atoms with van der Waals surface area (Å²) < 4.78 is 32.2. The second-order valence-corrected chi connectivity index (χ2v) is 5.52. The average Bonchev–Trinajstić information content (AvgIpc) is 2.57. The maximum absolute atomic E-state index is 13.6. The van der Waals surface area contributed by atoms with Crippen molar-refractivity contribution in [1.82, 2.24) is 0 Å². The number of morpholine rings is 1. The van der Waals surface area contributed by atoms with Crippen LogP contribution in [0.15, 0.2) is 36.4 Å². The van der Waals surface area contributed by atoms with Crippen molar-refractivity contribution in [3.63, 3.8) is 0 Å². The molecule has 0 bridgehead atoms. The molecule has 0 radical (unpaired) electrons. The third-order valence-electron chi connectivity index (χ3n) is 3.99. The molecule has 0 N–H and O–H groups in total. The minimum atomic E-state index is -0.899. The lowest BCUT2D eigenvalue weighted by Gasteiger charge is -2.31. The fourth-order valence-electron chi connectivity index (χ4n) is 2.73. The van der Waals surface area contributed by atoms with Crippen molar-refractivity contribution in [3.8, 4) is 11.1 Å². The number of hydrogen-bond acceptors (Lipinski definition) is 3. The van der Waals surface area contributed by atoms with Gasteiger partial charge in [-0.1, -0.05) is 6.07 Å². The van der Waals surface area contributed by atoms with Crippen molar-refractivity contribution in [2.45, 2.75) is 6.92 Å². The summed E-state index contributed by atoms with van der Waals surface area (Å²) in [4.78, 5) is 13.8. The molecule has 0 aliphatic carbocycles. The van der Waals surface area contributed by atoms with Crippen molar-refractivity contribution in [2.75, 3.05) is 31.2 Å². The lowest BCUT2D eigenvalue weighted by Crippen LogP contribution is -2.36. The fourth-order valence-corrected chi connectivity index (χ4v) is 2.73. The molecule has 0 unspecified atom stereocenters. The zero-order valence-electron chi connectivity index (χ0n) is 12.8. The van der Waals surface area contributed by atoms with Crippen molar-refractivity contribution in [2.24, 2.45) is 0 Å². The highest BCUT2D eigenvalue weighted by Gasteiger charge is 2.18. The first-order valence-corrected chi connectivity index (χ1v) is 7.49. The van der Waals surface area contributed by atoms with E-state index in [1.807, 2.05) is 6.07 Å². The van der Waals surface area contributed by atoms with E-state index in [1.54, 1.807) is 12.1 Å². The first-order valence-electron chi connectivity index (χ1n) is 7.49. The number of rotatable bonds is 3. The monoisotopic (exact) mass is 317 g/mol. The Bertz CT molecular complexity index is 740. The molecular formula is C18H17F2NO2. The van der Waals surface area contributed by atoms with Gasteiger partial charge in [-0.05, 0) is 42.8 Å². The SMILES string of the molecule is CC(=O)c1ccc(N2CCOCC2)c(-c2ccc(F)c(F)c2)c1. The second kappa shape index (κ2) is 6.46. The van der Waals surface area contributed by atoms with Crippen molar-refractivity contribution in [3.05, 3.63) is 53.6 Å². The highest BCUT2D eigenvalue weighted by molar-refractivity contribution is 5.97. The van der Waals surface area contributed by atoms with Gasteiger partial charge in [0.05, 0.1) is 13.2 Å². The zero-order chi connectivity index (χ0) is 16.4. The standard InChI is InChI=1S/C18H17F2NO2/c1-12(22)13-3-5-18(21-6-8-23-9-7-21)15(10-13)14-2-4-16(19)17(20)11-14/h2-5,10-11H,6-9H2,1H3. The van der Waals surface area contributed by atoms with E-state index in [2.05, 4.69) is 4.90 Å². The molecule has 1 heterocycles. The molecule has 1 aliphatic heterocycles. The van der Waals surface area contributed by atoms with E-state index in [4.69, 9.17) is 4.74 Å². The molecule has 0 saturated carbocycles. The molecule has 0 aromatic heterocycles. The molecule has 3 nitrogen and oxygen atoms in total.